The minimum absolute atomic E-state index is 0.141. The van der Waals surface area contributed by atoms with Crippen molar-refractivity contribution in [2.24, 2.45) is 0 Å². The van der Waals surface area contributed by atoms with Crippen LogP contribution in [-0.4, -0.2) is 26.6 Å². The number of methoxy groups -OCH3 is 1. The first kappa shape index (κ1) is 19.0. The van der Waals surface area contributed by atoms with Gasteiger partial charge in [0.15, 0.2) is 0 Å². The summed E-state index contributed by atoms with van der Waals surface area (Å²) in [4.78, 5) is 3.68. The maximum Gasteiger partial charge on any atom is 0.244 e. The zero-order valence-corrected chi connectivity index (χ0v) is 17.5. The van der Waals surface area contributed by atoms with Gasteiger partial charge in [-0.2, -0.15) is 0 Å². The van der Waals surface area contributed by atoms with Gasteiger partial charge in [-0.3, -0.25) is 0 Å². The molecule has 3 aromatic rings. The molecule has 0 spiro atoms. The number of hydrogen-bond acceptors (Lipinski definition) is 3. The number of H-pyrrole nitrogens is 1. The highest BCUT2D eigenvalue weighted by molar-refractivity contribution is 7.89. The molecule has 4 rings (SSSR count). The van der Waals surface area contributed by atoms with E-state index in [1.807, 2.05) is 13.8 Å². The second-order valence-corrected chi connectivity index (χ2v) is 9.46. The van der Waals surface area contributed by atoms with E-state index in [1.54, 1.807) is 12.1 Å². The normalized spacial score (nSPS) is 16.9. The van der Waals surface area contributed by atoms with Gasteiger partial charge in [0.05, 0.1) is 7.11 Å². The van der Waals surface area contributed by atoms with Crippen LogP contribution in [0.4, 0.5) is 0 Å². The molecule has 28 heavy (non-hydrogen) atoms. The number of rotatable bonds is 4. The number of aryl methyl sites for hydroxylation is 4. The Kier molecular flexibility index (Phi) is 4.71. The largest absolute Gasteiger partial charge is 0.495 e. The topological polar surface area (TPSA) is 71.2 Å². The van der Waals surface area contributed by atoms with Gasteiger partial charge in [-0.05, 0) is 74.6 Å². The van der Waals surface area contributed by atoms with E-state index in [4.69, 9.17) is 4.74 Å². The Balaban J connectivity index is 1.62. The summed E-state index contributed by atoms with van der Waals surface area (Å²) >= 11 is 0. The van der Waals surface area contributed by atoms with E-state index in [-0.39, 0.29) is 10.9 Å². The van der Waals surface area contributed by atoms with E-state index in [0.29, 0.717) is 12.2 Å². The molecule has 2 N–H and O–H groups in total. The summed E-state index contributed by atoms with van der Waals surface area (Å²) in [5, 5.41) is 1.26. The molecule has 1 atom stereocenters. The molecule has 0 bridgehead atoms. The minimum Gasteiger partial charge on any atom is -0.495 e. The summed E-state index contributed by atoms with van der Waals surface area (Å²) in [7, 11) is -2.17. The van der Waals surface area contributed by atoms with Gasteiger partial charge in [0.2, 0.25) is 10.0 Å². The third-order valence-electron chi connectivity index (χ3n) is 5.73. The minimum atomic E-state index is -3.67. The van der Waals surface area contributed by atoms with Crippen LogP contribution in [0, 0.1) is 20.8 Å². The molecule has 5 nitrogen and oxygen atoms in total. The highest BCUT2D eigenvalue weighted by Crippen LogP contribution is 2.32. The lowest BCUT2D eigenvalue weighted by Gasteiger charge is -2.24. The number of fused-ring (bicyclic) bond motifs is 3. The Labute approximate surface area is 166 Å². The van der Waals surface area contributed by atoms with Crippen molar-refractivity contribution >= 4 is 20.9 Å². The fraction of sp³-hybridized carbons (Fsp3) is 0.364. The van der Waals surface area contributed by atoms with E-state index >= 15 is 0 Å². The van der Waals surface area contributed by atoms with Gasteiger partial charge in [0.1, 0.15) is 10.6 Å². The Morgan fingerprint density at radius 1 is 1.11 bits per heavy atom. The standard InChI is InChI=1S/C22H26N2O3S/c1-13-5-8-19-18(9-13)17-7-6-16(12-20(17)23-19)24-28(25,26)22-11-15(3)14(2)10-21(22)27-4/h5,8-11,16,23-24H,6-7,12H2,1-4H3. The number of nitrogens with one attached hydrogen (secondary N) is 2. The van der Waals surface area contributed by atoms with Crippen LogP contribution in [0.2, 0.25) is 0 Å². The van der Waals surface area contributed by atoms with E-state index in [0.717, 1.165) is 35.2 Å². The Morgan fingerprint density at radius 3 is 2.61 bits per heavy atom. The van der Waals surface area contributed by atoms with Crippen LogP contribution in [0.3, 0.4) is 0 Å². The summed E-state index contributed by atoms with van der Waals surface area (Å²) < 4.78 is 34.4. The lowest BCUT2D eigenvalue weighted by atomic mass is 9.92. The summed E-state index contributed by atoms with van der Waals surface area (Å²) in [5.41, 5.74) is 6.74. The van der Waals surface area contributed by atoms with Crippen molar-refractivity contribution in [1.29, 1.82) is 0 Å². The lowest BCUT2D eigenvalue weighted by Crippen LogP contribution is -2.39. The molecule has 1 aliphatic carbocycles. The molecular weight excluding hydrogens is 372 g/mol. The molecule has 0 saturated carbocycles. The monoisotopic (exact) mass is 398 g/mol. The molecule has 0 radical (unpaired) electrons. The number of ether oxygens (including phenoxy) is 1. The zero-order chi connectivity index (χ0) is 20.1. The van der Waals surface area contributed by atoms with Gasteiger partial charge in [-0.15, -0.1) is 0 Å². The first-order chi connectivity index (χ1) is 13.3. The fourth-order valence-electron chi connectivity index (χ4n) is 4.06. The molecule has 1 heterocycles. The molecule has 0 amide bonds. The molecule has 0 aliphatic heterocycles. The summed E-state index contributed by atoms with van der Waals surface area (Å²) in [6.07, 6.45) is 2.30. The van der Waals surface area contributed by atoms with Crippen molar-refractivity contribution in [3.8, 4) is 5.75 Å². The van der Waals surface area contributed by atoms with Crippen LogP contribution in [-0.2, 0) is 22.9 Å². The molecule has 0 saturated heterocycles. The molecule has 1 unspecified atom stereocenters. The number of sulfonamides is 1. The Morgan fingerprint density at radius 2 is 1.86 bits per heavy atom. The highest BCUT2D eigenvalue weighted by Gasteiger charge is 2.28. The number of hydrogen-bond donors (Lipinski definition) is 2. The van der Waals surface area contributed by atoms with E-state index < -0.39 is 10.0 Å². The average Bonchev–Trinajstić information content (AvgIpc) is 3.00. The van der Waals surface area contributed by atoms with Crippen LogP contribution < -0.4 is 9.46 Å². The third kappa shape index (κ3) is 3.31. The van der Waals surface area contributed by atoms with E-state index in [1.165, 1.54) is 23.6 Å². The molecule has 6 heteroatoms. The molecule has 148 valence electrons. The van der Waals surface area contributed by atoms with Crippen molar-refractivity contribution < 1.29 is 13.2 Å². The molecule has 2 aromatic carbocycles. The first-order valence-corrected chi connectivity index (χ1v) is 11.0. The summed E-state index contributed by atoms with van der Waals surface area (Å²) in [6.45, 7) is 5.95. The Bertz CT molecular complexity index is 1160. The predicted octanol–water partition coefficient (Wildman–Crippen LogP) is 3.94. The second-order valence-electron chi connectivity index (χ2n) is 7.78. The van der Waals surface area contributed by atoms with Crippen LogP contribution in [0.25, 0.3) is 10.9 Å². The smallest absolute Gasteiger partial charge is 0.244 e. The van der Waals surface area contributed by atoms with Crippen molar-refractivity contribution in [2.75, 3.05) is 7.11 Å². The fourth-order valence-corrected chi connectivity index (χ4v) is 5.57. The quantitative estimate of drug-likeness (QED) is 0.699. The van der Waals surface area contributed by atoms with Gasteiger partial charge in [0, 0.05) is 29.1 Å². The van der Waals surface area contributed by atoms with Gasteiger partial charge < -0.3 is 9.72 Å². The maximum atomic E-state index is 13.1. The van der Waals surface area contributed by atoms with E-state index in [9.17, 15) is 8.42 Å². The van der Waals surface area contributed by atoms with Crippen molar-refractivity contribution in [3.63, 3.8) is 0 Å². The van der Waals surface area contributed by atoms with E-state index in [2.05, 4.69) is 34.8 Å². The van der Waals surface area contributed by atoms with Gasteiger partial charge in [-0.1, -0.05) is 11.6 Å². The van der Waals surface area contributed by atoms with Crippen LogP contribution in [0.15, 0.2) is 35.2 Å². The number of aromatic amines is 1. The summed E-state index contributed by atoms with van der Waals surface area (Å²) in [6, 6.07) is 9.73. The lowest BCUT2D eigenvalue weighted by molar-refractivity contribution is 0.401. The summed E-state index contributed by atoms with van der Waals surface area (Å²) in [5.74, 6) is 0.383. The van der Waals surface area contributed by atoms with Crippen LogP contribution >= 0.6 is 0 Å². The molecule has 0 fully saturated rings. The highest BCUT2D eigenvalue weighted by atomic mass is 32.2. The molecular formula is C22H26N2O3S. The van der Waals surface area contributed by atoms with Gasteiger partial charge in [-0.25, -0.2) is 13.1 Å². The van der Waals surface area contributed by atoms with Gasteiger partial charge >= 0.3 is 0 Å². The average molecular weight is 399 g/mol. The van der Waals surface area contributed by atoms with Crippen LogP contribution in [0.5, 0.6) is 5.75 Å². The molecule has 1 aromatic heterocycles. The van der Waals surface area contributed by atoms with Crippen molar-refractivity contribution in [1.82, 2.24) is 9.71 Å². The maximum absolute atomic E-state index is 13.1. The van der Waals surface area contributed by atoms with Crippen LogP contribution in [0.1, 0.15) is 34.4 Å². The zero-order valence-electron chi connectivity index (χ0n) is 16.7. The Hall–Kier alpha value is -2.31. The second kappa shape index (κ2) is 6.94. The molecule has 1 aliphatic rings. The SMILES string of the molecule is COc1cc(C)c(C)cc1S(=O)(=O)NC1CCc2c([nH]c3ccc(C)cc23)C1. The third-order valence-corrected chi connectivity index (χ3v) is 7.28. The predicted molar refractivity (Wildman–Crippen MR) is 112 cm³/mol. The van der Waals surface area contributed by atoms with Gasteiger partial charge in [0.25, 0.3) is 0 Å². The number of aromatic nitrogens is 1. The number of benzene rings is 2. The van der Waals surface area contributed by atoms with Crippen molar-refractivity contribution in [3.05, 3.63) is 58.3 Å². The first-order valence-electron chi connectivity index (χ1n) is 9.56. The van der Waals surface area contributed by atoms with Crippen molar-refractivity contribution in [2.45, 2.75) is 51.0 Å².